The number of likely N-dealkylation sites (N-methyl/N-ethyl adjacent to an activating group) is 1. The number of rotatable bonds is 2. The number of nitrogens with one attached hydrogen (secondary N) is 1. The molecular weight excluding hydrogens is 166 g/mol. The van der Waals surface area contributed by atoms with Crippen molar-refractivity contribution >= 4 is 12.0 Å². The predicted molar refractivity (Wildman–Crippen MR) is 51.2 cm³/mol. The lowest BCUT2D eigenvalue weighted by atomic mass is 10.2. The van der Waals surface area contributed by atoms with Crippen molar-refractivity contribution in [3.05, 3.63) is 35.9 Å². The van der Waals surface area contributed by atoms with Gasteiger partial charge < -0.3 is 10.4 Å². The van der Waals surface area contributed by atoms with Gasteiger partial charge in [0.1, 0.15) is 5.75 Å². The van der Waals surface area contributed by atoms with Crippen LogP contribution in [0, 0.1) is 0 Å². The predicted octanol–water partition coefficient (Wildman–Crippen LogP) is 1.15. The highest BCUT2D eigenvalue weighted by atomic mass is 16.3. The first kappa shape index (κ1) is 9.32. The molecule has 68 valence electrons. The van der Waals surface area contributed by atoms with E-state index in [1.807, 2.05) is 0 Å². The molecule has 0 atom stereocenters. The Balaban J connectivity index is 2.80. The van der Waals surface area contributed by atoms with Crippen LogP contribution in [0.1, 0.15) is 5.56 Å². The zero-order chi connectivity index (χ0) is 9.68. The molecule has 1 aromatic rings. The summed E-state index contributed by atoms with van der Waals surface area (Å²) in [7, 11) is 1.55. The summed E-state index contributed by atoms with van der Waals surface area (Å²) in [6, 6.07) is 6.83. The summed E-state index contributed by atoms with van der Waals surface area (Å²) in [6.07, 6.45) is 2.93. The van der Waals surface area contributed by atoms with E-state index in [1.54, 1.807) is 37.4 Å². The van der Waals surface area contributed by atoms with Crippen LogP contribution in [-0.4, -0.2) is 18.1 Å². The molecule has 0 unspecified atom stereocenters. The molecule has 0 saturated carbocycles. The van der Waals surface area contributed by atoms with Gasteiger partial charge >= 0.3 is 0 Å². The second-order valence-electron chi connectivity index (χ2n) is 2.51. The molecular formula is C10H11NO2. The van der Waals surface area contributed by atoms with Gasteiger partial charge in [0.05, 0.1) is 0 Å². The third-order valence-corrected chi connectivity index (χ3v) is 1.60. The maximum Gasteiger partial charge on any atom is 0.243 e. The van der Waals surface area contributed by atoms with Crippen LogP contribution >= 0.6 is 0 Å². The summed E-state index contributed by atoms with van der Waals surface area (Å²) in [5.41, 5.74) is 0.631. The van der Waals surface area contributed by atoms with Crippen LogP contribution in [-0.2, 0) is 4.79 Å². The summed E-state index contributed by atoms with van der Waals surface area (Å²) in [4.78, 5) is 10.8. The molecule has 0 spiro atoms. The smallest absolute Gasteiger partial charge is 0.243 e. The number of hydrogen-bond donors (Lipinski definition) is 2. The normalized spacial score (nSPS) is 10.2. The molecule has 0 fully saturated rings. The molecule has 0 saturated heterocycles. The van der Waals surface area contributed by atoms with Crippen molar-refractivity contribution in [3.63, 3.8) is 0 Å². The summed E-state index contributed by atoms with van der Waals surface area (Å²) >= 11 is 0. The molecule has 0 bridgehead atoms. The number of hydrogen-bond acceptors (Lipinski definition) is 2. The van der Waals surface area contributed by atoms with E-state index in [0.29, 0.717) is 5.56 Å². The Bertz CT molecular complexity index is 331. The van der Waals surface area contributed by atoms with E-state index in [9.17, 15) is 9.90 Å². The second-order valence-corrected chi connectivity index (χ2v) is 2.51. The molecule has 0 aliphatic rings. The molecule has 3 heteroatoms. The Morgan fingerprint density at radius 3 is 2.77 bits per heavy atom. The number of para-hydroxylation sites is 1. The molecule has 0 aliphatic heterocycles. The van der Waals surface area contributed by atoms with Crippen molar-refractivity contribution in [3.8, 4) is 5.75 Å². The van der Waals surface area contributed by atoms with E-state index in [-0.39, 0.29) is 11.7 Å². The van der Waals surface area contributed by atoms with E-state index in [0.717, 1.165) is 0 Å². The molecule has 0 aromatic heterocycles. The largest absolute Gasteiger partial charge is 0.507 e. The average molecular weight is 177 g/mol. The first-order valence-corrected chi connectivity index (χ1v) is 3.92. The summed E-state index contributed by atoms with van der Waals surface area (Å²) in [6.45, 7) is 0. The second kappa shape index (κ2) is 4.30. The maximum absolute atomic E-state index is 10.8. The van der Waals surface area contributed by atoms with Gasteiger partial charge in [0.15, 0.2) is 0 Å². The van der Waals surface area contributed by atoms with Crippen molar-refractivity contribution in [2.24, 2.45) is 0 Å². The zero-order valence-corrected chi connectivity index (χ0v) is 7.32. The Morgan fingerprint density at radius 2 is 2.15 bits per heavy atom. The number of phenolic OH excluding ortho intramolecular Hbond substituents is 1. The molecule has 0 radical (unpaired) electrons. The minimum Gasteiger partial charge on any atom is -0.507 e. The minimum absolute atomic E-state index is 0.169. The van der Waals surface area contributed by atoms with Gasteiger partial charge in [-0.3, -0.25) is 4.79 Å². The van der Waals surface area contributed by atoms with Gasteiger partial charge in [0.2, 0.25) is 5.91 Å². The SMILES string of the molecule is CNC(=O)C=Cc1ccccc1O. The highest BCUT2D eigenvalue weighted by Crippen LogP contribution is 2.16. The third-order valence-electron chi connectivity index (χ3n) is 1.60. The molecule has 3 nitrogen and oxygen atoms in total. The van der Waals surface area contributed by atoms with E-state index < -0.39 is 0 Å². The highest BCUT2D eigenvalue weighted by molar-refractivity contribution is 5.91. The lowest BCUT2D eigenvalue weighted by Crippen LogP contribution is -2.13. The van der Waals surface area contributed by atoms with Gasteiger partial charge in [-0.15, -0.1) is 0 Å². The lowest BCUT2D eigenvalue weighted by molar-refractivity contribution is -0.115. The number of carbonyl (C=O) groups is 1. The quantitative estimate of drug-likeness (QED) is 0.666. The Morgan fingerprint density at radius 1 is 1.46 bits per heavy atom. The zero-order valence-electron chi connectivity index (χ0n) is 7.32. The number of aromatic hydroxyl groups is 1. The molecule has 0 heterocycles. The first-order chi connectivity index (χ1) is 6.24. The van der Waals surface area contributed by atoms with Crippen LogP contribution in [0.3, 0.4) is 0 Å². The molecule has 0 aliphatic carbocycles. The fourth-order valence-corrected chi connectivity index (χ4v) is 0.877. The molecule has 1 amide bonds. The minimum atomic E-state index is -0.191. The number of benzene rings is 1. The maximum atomic E-state index is 10.8. The van der Waals surface area contributed by atoms with E-state index in [1.165, 1.54) is 6.08 Å². The molecule has 2 N–H and O–H groups in total. The molecule has 1 rings (SSSR count). The van der Waals surface area contributed by atoms with Crippen LogP contribution in [0.15, 0.2) is 30.3 Å². The van der Waals surface area contributed by atoms with Crippen LogP contribution < -0.4 is 5.32 Å². The van der Waals surface area contributed by atoms with E-state index in [4.69, 9.17) is 0 Å². The Hall–Kier alpha value is -1.77. The van der Waals surface area contributed by atoms with Gasteiger partial charge in [-0.2, -0.15) is 0 Å². The van der Waals surface area contributed by atoms with Gasteiger partial charge in [0.25, 0.3) is 0 Å². The summed E-state index contributed by atoms with van der Waals surface area (Å²) in [5.74, 6) is -0.0223. The molecule has 13 heavy (non-hydrogen) atoms. The number of carbonyl (C=O) groups excluding carboxylic acids is 1. The highest BCUT2D eigenvalue weighted by Gasteiger charge is 1.94. The topological polar surface area (TPSA) is 49.3 Å². The number of amides is 1. The number of phenols is 1. The van der Waals surface area contributed by atoms with Crippen LogP contribution in [0.2, 0.25) is 0 Å². The van der Waals surface area contributed by atoms with E-state index >= 15 is 0 Å². The van der Waals surface area contributed by atoms with Crippen molar-refractivity contribution in [2.45, 2.75) is 0 Å². The van der Waals surface area contributed by atoms with Crippen molar-refractivity contribution in [1.82, 2.24) is 5.32 Å². The fraction of sp³-hybridized carbons (Fsp3) is 0.100. The summed E-state index contributed by atoms with van der Waals surface area (Å²) < 4.78 is 0. The van der Waals surface area contributed by atoms with Crippen molar-refractivity contribution < 1.29 is 9.90 Å². The average Bonchev–Trinajstić information content (AvgIpc) is 2.16. The van der Waals surface area contributed by atoms with Crippen LogP contribution in [0.4, 0.5) is 0 Å². The van der Waals surface area contributed by atoms with Gasteiger partial charge in [0, 0.05) is 18.7 Å². The van der Waals surface area contributed by atoms with Crippen molar-refractivity contribution in [2.75, 3.05) is 7.05 Å². The molecule has 1 aromatic carbocycles. The van der Waals surface area contributed by atoms with Crippen LogP contribution in [0.25, 0.3) is 6.08 Å². The fourth-order valence-electron chi connectivity index (χ4n) is 0.877. The first-order valence-electron chi connectivity index (χ1n) is 3.92. The lowest BCUT2D eigenvalue weighted by Gasteiger charge is -1.96. The van der Waals surface area contributed by atoms with Gasteiger partial charge in [-0.05, 0) is 12.1 Å². The third kappa shape index (κ3) is 2.63. The Kier molecular flexibility index (Phi) is 3.09. The van der Waals surface area contributed by atoms with Gasteiger partial charge in [-0.25, -0.2) is 0 Å². The summed E-state index contributed by atoms with van der Waals surface area (Å²) in [5, 5.41) is 11.8. The van der Waals surface area contributed by atoms with E-state index in [2.05, 4.69) is 5.32 Å². The van der Waals surface area contributed by atoms with Crippen molar-refractivity contribution in [1.29, 1.82) is 0 Å². The Labute approximate surface area is 76.7 Å². The van der Waals surface area contributed by atoms with Crippen LogP contribution in [0.5, 0.6) is 5.75 Å². The standard InChI is InChI=1S/C10H11NO2/c1-11-10(13)7-6-8-4-2-3-5-9(8)12/h2-7,12H,1H3,(H,11,13). The van der Waals surface area contributed by atoms with Gasteiger partial charge in [-0.1, -0.05) is 18.2 Å². The monoisotopic (exact) mass is 177 g/mol.